The van der Waals surface area contributed by atoms with Crippen molar-refractivity contribution in [3.8, 4) is 0 Å². The SMILES string of the molecule is O=C(O)CC(F)(F)Cc1ccccc1Br. The van der Waals surface area contributed by atoms with Crippen molar-refractivity contribution in [3.05, 3.63) is 34.3 Å². The lowest BCUT2D eigenvalue weighted by Gasteiger charge is -2.14. The summed E-state index contributed by atoms with van der Waals surface area (Å²) < 4.78 is 26.8. The molecule has 2 nitrogen and oxygen atoms in total. The van der Waals surface area contributed by atoms with Crippen LogP contribution < -0.4 is 0 Å². The average Bonchev–Trinajstić information content (AvgIpc) is 2.06. The van der Waals surface area contributed by atoms with Gasteiger partial charge in [0.25, 0.3) is 5.92 Å². The van der Waals surface area contributed by atoms with Gasteiger partial charge in [-0.1, -0.05) is 34.1 Å². The molecule has 15 heavy (non-hydrogen) atoms. The first-order valence-corrected chi connectivity index (χ1v) is 5.03. The molecular weight excluding hydrogens is 270 g/mol. The number of hydrogen-bond acceptors (Lipinski definition) is 1. The molecule has 1 aromatic carbocycles. The minimum absolute atomic E-state index is 0.406. The molecule has 0 aliphatic rings. The van der Waals surface area contributed by atoms with Crippen LogP contribution in [-0.2, 0) is 11.2 Å². The van der Waals surface area contributed by atoms with Gasteiger partial charge in [-0.05, 0) is 11.6 Å². The van der Waals surface area contributed by atoms with Gasteiger partial charge >= 0.3 is 5.97 Å². The van der Waals surface area contributed by atoms with Crippen molar-refractivity contribution in [1.82, 2.24) is 0 Å². The molecule has 1 aromatic rings. The fourth-order valence-corrected chi connectivity index (χ4v) is 1.63. The molecule has 0 fully saturated rings. The number of carboxylic acid groups (broad SMARTS) is 1. The first-order chi connectivity index (χ1) is 6.91. The van der Waals surface area contributed by atoms with Crippen molar-refractivity contribution >= 4 is 21.9 Å². The van der Waals surface area contributed by atoms with Crippen LogP contribution in [0.3, 0.4) is 0 Å². The Kier molecular flexibility index (Phi) is 3.79. The molecule has 0 saturated carbocycles. The van der Waals surface area contributed by atoms with Gasteiger partial charge in [0, 0.05) is 10.9 Å². The average molecular weight is 279 g/mol. The molecule has 0 saturated heterocycles. The van der Waals surface area contributed by atoms with Gasteiger partial charge in [-0.3, -0.25) is 4.79 Å². The maximum absolute atomic E-state index is 13.1. The van der Waals surface area contributed by atoms with Crippen LogP contribution in [0.5, 0.6) is 0 Å². The van der Waals surface area contributed by atoms with Crippen LogP contribution in [0.25, 0.3) is 0 Å². The zero-order valence-electron chi connectivity index (χ0n) is 7.71. The number of hydrogen-bond donors (Lipinski definition) is 1. The lowest BCUT2D eigenvalue weighted by Crippen LogP contribution is -2.23. The number of benzene rings is 1. The molecule has 0 atom stereocenters. The minimum atomic E-state index is -3.21. The lowest BCUT2D eigenvalue weighted by atomic mass is 10.1. The molecule has 5 heteroatoms. The summed E-state index contributed by atoms with van der Waals surface area (Å²) in [6.45, 7) is 0. The fourth-order valence-electron chi connectivity index (χ4n) is 1.20. The normalized spacial score (nSPS) is 11.4. The van der Waals surface area contributed by atoms with Crippen LogP contribution >= 0.6 is 15.9 Å². The molecular formula is C10H9BrF2O2. The molecule has 0 aliphatic carbocycles. The predicted molar refractivity (Wildman–Crippen MR) is 55.0 cm³/mol. The molecule has 0 heterocycles. The Labute approximate surface area is 94.0 Å². The van der Waals surface area contributed by atoms with Crippen molar-refractivity contribution in [1.29, 1.82) is 0 Å². The second kappa shape index (κ2) is 4.70. The number of alkyl halides is 2. The summed E-state index contributed by atoms with van der Waals surface area (Å²) in [5.74, 6) is -4.71. The van der Waals surface area contributed by atoms with Crippen molar-refractivity contribution in [2.24, 2.45) is 0 Å². The van der Waals surface area contributed by atoms with Crippen LogP contribution in [-0.4, -0.2) is 17.0 Å². The van der Waals surface area contributed by atoms with Crippen molar-refractivity contribution < 1.29 is 18.7 Å². The molecule has 82 valence electrons. The molecule has 1 N–H and O–H groups in total. The lowest BCUT2D eigenvalue weighted by molar-refractivity contribution is -0.144. The van der Waals surface area contributed by atoms with E-state index in [2.05, 4.69) is 15.9 Å². The number of rotatable bonds is 4. The van der Waals surface area contributed by atoms with E-state index in [0.717, 1.165) is 0 Å². The van der Waals surface area contributed by atoms with Gasteiger partial charge in [0.15, 0.2) is 0 Å². The van der Waals surface area contributed by atoms with Gasteiger partial charge in [0.05, 0.1) is 0 Å². The van der Waals surface area contributed by atoms with Gasteiger partial charge in [0.1, 0.15) is 6.42 Å². The van der Waals surface area contributed by atoms with E-state index in [-0.39, 0.29) is 0 Å². The standard InChI is InChI=1S/C10H9BrF2O2/c11-8-4-2-1-3-7(8)5-10(12,13)6-9(14)15/h1-4H,5-6H2,(H,14,15). The molecule has 0 spiro atoms. The third-order valence-electron chi connectivity index (χ3n) is 1.82. The summed E-state index contributed by atoms with van der Waals surface area (Å²) >= 11 is 3.13. The Morgan fingerprint density at radius 1 is 1.40 bits per heavy atom. The van der Waals surface area contributed by atoms with Crippen LogP contribution in [0.2, 0.25) is 0 Å². The van der Waals surface area contributed by atoms with Gasteiger partial charge in [0.2, 0.25) is 0 Å². The van der Waals surface area contributed by atoms with Crippen molar-refractivity contribution in [2.45, 2.75) is 18.8 Å². The molecule has 0 unspecified atom stereocenters. The Morgan fingerprint density at radius 3 is 2.53 bits per heavy atom. The Bertz CT molecular complexity index is 366. The van der Waals surface area contributed by atoms with Crippen LogP contribution in [0.1, 0.15) is 12.0 Å². The molecule has 0 radical (unpaired) electrons. The quantitative estimate of drug-likeness (QED) is 0.919. The van der Waals surface area contributed by atoms with E-state index >= 15 is 0 Å². The third kappa shape index (κ3) is 3.95. The highest BCUT2D eigenvalue weighted by atomic mass is 79.9. The van der Waals surface area contributed by atoms with Crippen molar-refractivity contribution in [3.63, 3.8) is 0 Å². The minimum Gasteiger partial charge on any atom is -0.481 e. The zero-order chi connectivity index (χ0) is 11.5. The second-order valence-electron chi connectivity index (χ2n) is 3.19. The summed E-state index contributed by atoms with van der Waals surface area (Å²) in [6.07, 6.45) is -1.71. The number of halogens is 3. The molecule has 0 aromatic heterocycles. The summed E-state index contributed by atoms with van der Waals surface area (Å²) in [5, 5.41) is 8.30. The maximum atomic E-state index is 13.1. The monoisotopic (exact) mass is 278 g/mol. The summed E-state index contributed by atoms with van der Waals surface area (Å²) in [7, 11) is 0. The Hall–Kier alpha value is -0.970. The van der Waals surface area contributed by atoms with Crippen molar-refractivity contribution in [2.75, 3.05) is 0 Å². The van der Waals surface area contributed by atoms with Gasteiger partial charge in [-0.25, -0.2) is 8.78 Å². The highest BCUT2D eigenvalue weighted by Crippen LogP contribution is 2.27. The van der Waals surface area contributed by atoms with E-state index in [1.807, 2.05) is 0 Å². The molecule has 1 rings (SSSR count). The highest BCUT2D eigenvalue weighted by molar-refractivity contribution is 9.10. The summed E-state index contributed by atoms with van der Waals surface area (Å²) in [6, 6.07) is 6.53. The number of carboxylic acids is 1. The molecule has 0 amide bonds. The number of aliphatic carboxylic acids is 1. The van der Waals surface area contributed by atoms with Gasteiger partial charge < -0.3 is 5.11 Å². The number of carbonyl (C=O) groups is 1. The van der Waals surface area contributed by atoms with Crippen LogP contribution in [0, 0.1) is 0 Å². The van der Waals surface area contributed by atoms with Gasteiger partial charge in [-0.15, -0.1) is 0 Å². The van der Waals surface area contributed by atoms with Crippen LogP contribution in [0.4, 0.5) is 8.78 Å². The van der Waals surface area contributed by atoms with E-state index in [9.17, 15) is 13.6 Å². The molecule has 0 aliphatic heterocycles. The first-order valence-electron chi connectivity index (χ1n) is 4.24. The molecule has 0 bridgehead atoms. The predicted octanol–water partition coefficient (Wildman–Crippen LogP) is 3.10. The maximum Gasteiger partial charge on any atom is 0.309 e. The highest BCUT2D eigenvalue weighted by Gasteiger charge is 2.32. The summed E-state index contributed by atoms with van der Waals surface area (Å²) in [4.78, 5) is 10.2. The smallest absolute Gasteiger partial charge is 0.309 e. The van der Waals surface area contributed by atoms with E-state index in [1.165, 1.54) is 0 Å². The van der Waals surface area contributed by atoms with E-state index in [1.54, 1.807) is 24.3 Å². The third-order valence-corrected chi connectivity index (χ3v) is 2.59. The van der Waals surface area contributed by atoms with E-state index in [4.69, 9.17) is 5.11 Å². The first kappa shape index (κ1) is 12.1. The second-order valence-corrected chi connectivity index (χ2v) is 4.05. The summed E-state index contributed by atoms with van der Waals surface area (Å²) in [5.41, 5.74) is 0.406. The van der Waals surface area contributed by atoms with Crippen LogP contribution in [0.15, 0.2) is 28.7 Å². The fraction of sp³-hybridized carbons (Fsp3) is 0.300. The topological polar surface area (TPSA) is 37.3 Å². The Morgan fingerprint density at radius 2 is 2.00 bits per heavy atom. The van der Waals surface area contributed by atoms with E-state index in [0.29, 0.717) is 10.0 Å². The zero-order valence-corrected chi connectivity index (χ0v) is 9.30. The largest absolute Gasteiger partial charge is 0.481 e. The van der Waals surface area contributed by atoms with E-state index < -0.39 is 24.7 Å². The Balaban J connectivity index is 2.77. The van der Waals surface area contributed by atoms with Gasteiger partial charge in [-0.2, -0.15) is 0 Å².